The fourth-order valence-corrected chi connectivity index (χ4v) is 3.93. The summed E-state index contributed by atoms with van der Waals surface area (Å²) in [5, 5.41) is 2.91. The summed E-state index contributed by atoms with van der Waals surface area (Å²) in [5.74, 6) is 0.0541. The minimum Gasteiger partial charge on any atom is -0.481 e. The number of rotatable bonds is 5. The quantitative estimate of drug-likeness (QED) is 0.882. The van der Waals surface area contributed by atoms with Crippen LogP contribution in [0.3, 0.4) is 0 Å². The third kappa shape index (κ3) is 3.52. The summed E-state index contributed by atoms with van der Waals surface area (Å²) in [6.45, 7) is 0.757. The number of benzene rings is 1. The molecule has 4 rings (SSSR count). The summed E-state index contributed by atoms with van der Waals surface area (Å²) in [6, 6.07) is 9.90. The predicted octanol–water partition coefficient (Wildman–Crippen LogP) is 2.25. The highest BCUT2D eigenvalue weighted by atomic mass is 16.5. The number of fused-ring (bicyclic) bond motifs is 1. The molecule has 2 amide bonds. The first-order valence-electron chi connectivity index (χ1n) is 9.33. The van der Waals surface area contributed by atoms with Crippen LogP contribution in [-0.2, 0) is 29.0 Å². The van der Waals surface area contributed by atoms with Gasteiger partial charge < -0.3 is 15.0 Å². The molecular formula is C21H23N3O3. The maximum absolute atomic E-state index is 12.6. The molecule has 0 bridgehead atoms. The van der Waals surface area contributed by atoms with Gasteiger partial charge in [-0.05, 0) is 48.6 Å². The van der Waals surface area contributed by atoms with Crippen molar-refractivity contribution in [2.24, 2.45) is 5.92 Å². The van der Waals surface area contributed by atoms with Gasteiger partial charge in [-0.2, -0.15) is 0 Å². The lowest BCUT2D eigenvalue weighted by atomic mass is 10.1. The predicted molar refractivity (Wildman–Crippen MR) is 102 cm³/mol. The maximum atomic E-state index is 12.6. The Morgan fingerprint density at radius 3 is 3.00 bits per heavy atom. The SMILES string of the molecule is COc1ncccc1CNC(=O)C1CC(=O)N(c2ccc3c(c2)CCC3)C1. The minimum atomic E-state index is -0.339. The summed E-state index contributed by atoms with van der Waals surface area (Å²) in [6.07, 6.45) is 5.26. The number of aromatic nitrogens is 1. The second-order valence-electron chi connectivity index (χ2n) is 7.10. The zero-order chi connectivity index (χ0) is 18.8. The Labute approximate surface area is 158 Å². The Kier molecular flexibility index (Phi) is 4.79. The molecule has 0 saturated carbocycles. The molecule has 1 aromatic carbocycles. The number of anilines is 1. The summed E-state index contributed by atoms with van der Waals surface area (Å²) in [7, 11) is 1.55. The van der Waals surface area contributed by atoms with Crippen LogP contribution in [0, 0.1) is 5.92 Å². The van der Waals surface area contributed by atoms with Crippen molar-refractivity contribution in [3.05, 3.63) is 53.2 Å². The lowest BCUT2D eigenvalue weighted by molar-refractivity contribution is -0.126. The number of nitrogens with one attached hydrogen (secondary N) is 1. The number of hydrogen-bond acceptors (Lipinski definition) is 4. The number of hydrogen-bond donors (Lipinski definition) is 1. The molecule has 1 atom stereocenters. The van der Waals surface area contributed by atoms with Crippen molar-refractivity contribution in [3.8, 4) is 5.88 Å². The molecule has 1 saturated heterocycles. The maximum Gasteiger partial charge on any atom is 0.227 e. The number of aryl methyl sites for hydroxylation is 2. The van der Waals surface area contributed by atoms with Gasteiger partial charge in [-0.3, -0.25) is 9.59 Å². The average molecular weight is 365 g/mol. The van der Waals surface area contributed by atoms with Crippen molar-refractivity contribution in [2.75, 3.05) is 18.6 Å². The van der Waals surface area contributed by atoms with E-state index >= 15 is 0 Å². The summed E-state index contributed by atoms with van der Waals surface area (Å²) < 4.78 is 5.21. The van der Waals surface area contributed by atoms with Crippen LogP contribution >= 0.6 is 0 Å². The molecule has 27 heavy (non-hydrogen) atoms. The topological polar surface area (TPSA) is 71.5 Å². The van der Waals surface area contributed by atoms with E-state index in [-0.39, 0.29) is 24.2 Å². The first-order valence-corrected chi connectivity index (χ1v) is 9.33. The third-order valence-electron chi connectivity index (χ3n) is 5.39. The lowest BCUT2D eigenvalue weighted by Crippen LogP contribution is -2.32. The van der Waals surface area contributed by atoms with Crippen LogP contribution in [0.5, 0.6) is 5.88 Å². The van der Waals surface area contributed by atoms with Crippen molar-refractivity contribution < 1.29 is 14.3 Å². The highest BCUT2D eigenvalue weighted by Crippen LogP contribution is 2.30. The summed E-state index contributed by atoms with van der Waals surface area (Å²) in [4.78, 5) is 30.9. The summed E-state index contributed by atoms with van der Waals surface area (Å²) in [5.41, 5.74) is 4.43. The van der Waals surface area contributed by atoms with E-state index < -0.39 is 0 Å². The first kappa shape index (κ1) is 17.5. The van der Waals surface area contributed by atoms with Gasteiger partial charge in [0.25, 0.3) is 0 Å². The van der Waals surface area contributed by atoms with Crippen molar-refractivity contribution >= 4 is 17.5 Å². The van der Waals surface area contributed by atoms with Crippen LogP contribution in [0.25, 0.3) is 0 Å². The van der Waals surface area contributed by atoms with Crippen LogP contribution in [0.4, 0.5) is 5.69 Å². The molecule has 1 aromatic heterocycles. The molecule has 0 spiro atoms. The van der Waals surface area contributed by atoms with Crippen LogP contribution in [-0.4, -0.2) is 30.5 Å². The van der Waals surface area contributed by atoms with E-state index in [2.05, 4.69) is 22.4 Å². The van der Waals surface area contributed by atoms with Gasteiger partial charge in [0.2, 0.25) is 17.7 Å². The molecule has 1 fully saturated rings. The zero-order valence-corrected chi connectivity index (χ0v) is 15.4. The normalized spacial score (nSPS) is 18.5. The van der Waals surface area contributed by atoms with Crippen LogP contribution in [0.1, 0.15) is 29.5 Å². The highest BCUT2D eigenvalue weighted by molar-refractivity contribution is 6.00. The average Bonchev–Trinajstić information content (AvgIpc) is 3.32. The van der Waals surface area contributed by atoms with E-state index in [9.17, 15) is 9.59 Å². The van der Waals surface area contributed by atoms with Gasteiger partial charge in [-0.15, -0.1) is 0 Å². The van der Waals surface area contributed by atoms with Gasteiger partial charge in [0, 0.05) is 37.0 Å². The number of methoxy groups -OCH3 is 1. The van der Waals surface area contributed by atoms with E-state index in [1.54, 1.807) is 24.3 Å². The van der Waals surface area contributed by atoms with Crippen molar-refractivity contribution in [3.63, 3.8) is 0 Å². The second-order valence-corrected chi connectivity index (χ2v) is 7.10. The Morgan fingerprint density at radius 1 is 1.30 bits per heavy atom. The van der Waals surface area contributed by atoms with Gasteiger partial charge in [0.1, 0.15) is 0 Å². The van der Waals surface area contributed by atoms with E-state index in [1.807, 2.05) is 12.1 Å². The van der Waals surface area contributed by atoms with E-state index in [4.69, 9.17) is 4.74 Å². The number of pyridine rings is 1. The Balaban J connectivity index is 1.40. The molecular weight excluding hydrogens is 342 g/mol. The molecule has 2 aliphatic rings. The molecule has 0 radical (unpaired) electrons. The number of amides is 2. The monoisotopic (exact) mass is 365 g/mol. The molecule has 1 aliphatic heterocycles. The Hall–Kier alpha value is -2.89. The van der Waals surface area contributed by atoms with E-state index in [0.717, 1.165) is 24.1 Å². The standard InChI is InChI=1S/C21H23N3O3/c1-27-21-16(6-3-9-22-21)12-23-20(26)17-11-19(25)24(13-17)18-8-7-14-4-2-5-15(14)10-18/h3,6-10,17H,2,4-5,11-13H2,1H3,(H,23,26). The van der Waals surface area contributed by atoms with Crippen molar-refractivity contribution in [1.82, 2.24) is 10.3 Å². The molecule has 2 heterocycles. The molecule has 1 N–H and O–H groups in total. The van der Waals surface area contributed by atoms with Crippen LogP contribution in [0.15, 0.2) is 36.5 Å². The van der Waals surface area contributed by atoms with Gasteiger partial charge in [-0.25, -0.2) is 4.98 Å². The van der Waals surface area contributed by atoms with Gasteiger partial charge >= 0.3 is 0 Å². The number of ether oxygens (including phenoxy) is 1. The van der Waals surface area contributed by atoms with Crippen LogP contribution in [0.2, 0.25) is 0 Å². The largest absolute Gasteiger partial charge is 0.481 e. The molecule has 140 valence electrons. The fraction of sp³-hybridized carbons (Fsp3) is 0.381. The zero-order valence-electron chi connectivity index (χ0n) is 15.4. The minimum absolute atomic E-state index is 0.00653. The number of nitrogens with zero attached hydrogens (tertiary/aromatic N) is 2. The fourth-order valence-electron chi connectivity index (χ4n) is 3.93. The smallest absolute Gasteiger partial charge is 0.227 e. The lowest BCUT2D eigenvalue weighted by Gasteiger charge is -2.18. The Morgan fingerprint density at radius 2 is 2.15 bits per heavy atom. The van der Waals surface area contributed by atoms with Crippen molar-refractivity contribution in [2.45, 2.75) is 32.2 Å². The second kappa shape index (κ2) is 7.39. The van der Waals surface area contributed by atoms with Gasteiger partial charge in [-0.1, -0.05) is 12.1 Å². The molecule has 6 nitrogen and oxygen atoms in total. The summed E-state index contributed by atoms with van der Waals surface area (Å²) >= 11 is 0. The highest BCUT2D eigenvalue weighted by Gasteiger charge is 2.35. The Bertz CT molecular complexity index is 881. The molecule has 2 aromatic rings. The van der Waals surface area contributed by atoms with Gasteiger partial charge in [0.15, 0.2) is 0 Å². The van der Waals surface area contributed by atoms with E-state index in [1.165, 1.54) is 17.5 Å². The molecule has 1 unspecified atom stereocenters. The molecule has 1 aliphatic carbocycles. The number of carbonyl (C=O) groups is 2. The first-order chi connectivity index (χ1) is 13.2. The van der Waals surface area contributed by atoms with Crippen LogP contribution < -0.4 is 15.0 Å². The molecule has 6 heteroatoms. The van der Waals surface area contributed by atoms with Gasteiger partial charge in [0.05, 0.1) is 13.0 Å². The number of carbonyl (C=O) groups excluding carboxylic acids is 2. The van der Waals surface area contributed by atoms with Crippen molar-refractivity contribution in [1.29, 1.82) is 0 Å². The third-order valence-corrected chi connectivity index (χ3v) is 5.39. The van der Waals surface area contributed by atoms with E-state index in [0.29, 0.717) is 19.0 Å².